The fraction of sp³-hybridized carbons (Fsp3) is 0.929. The maximum Gasteiger partial charge on any atom is 0.334 e. The van der Waals surface area contributed by atoms with Gasteiger partial charge in [-0.3, -0.25) is 0 Å². The van der Waals surface area contributed by atoms with Crippen molar-refractivity contribution in [1.82, 2.24) is 0 Å². The zero-order valence-corrected chi connectivity index (χ0v) is 11.9. The lowest BCUT2D eigenvalue weighted by molar-refractivity contribution is -0.169. The molecule has 1 aliphatic rings. The predicted octanol–water partition coefficient (Wildman–Crippen LogP) is 2.25. The van der Waals surface area contributed by atoms with E-state index < -0.39 is 6.10 Å². The van der Waals surface area contributed by atoms with Gasteiger partial charge in [-0.2, -0.15) is 0 Å². The van der Waals surface area contributed by atoms with Crippen molar-refractivity contribution < 1.29 is 14.3 Å². The van der Waals surface area contributed by atoms with Crippen LogP contribution in [0.25, 0.3) is 0 Å². The average molecular weight is 257 g/mol. The van der Waals surface area contributed by atoms with Crippen LogP contribution in [-0.2, 0) is 14.3 Å². The lowest BCUT2D eigenvalue weighted by Gasteiger charge is -2.40. The molecule has 1 rings (SSSR count). The summed E-state index contributed by atoms with van der Waals surface area (Å²) in [6.45, 7) is 4.44. The third-order valence-corrected chi connectivity index (χ3v) is 4.05. The highest BCUT2D eigenvalue weighted by Crippen LogP contribution is 2.37. The van der Waals surface area contributed by atoms with E-state index >= 15 is 0 Å². The van der Waals surface area contributed by atoms with Crippen molar-refractivity contribution in [2.75, 3.05) is 13.7 Å². The highest BCUT2D eigenvalue weighted by Gasteiger charge is 2.37. The maximum atomic E-state index is 11.4. The van der Waals surface area contributed by atoms with E-state index in [0.29, 0.717) is 6.54 Å². The molecule has 4 nitrogen and oxygen atoms in total. The van der Waals surface area contributed by atoms with E-state index in [-0.39, 0.29) is 11.6 Å². The van der Waals surface area contributed by atoms with Gasteiger partial charge in [0.15, 0.2) is 6.10 Å². The second kappa shape index (κ2) is 7.10. The molecule has 1 aliphatic carbocycles. The lowest BCUT2D eigenvalue weighted by atomic mass is 9.77. The number of hydrogen-bond acceptors (Lipinski definition) is 4. The molecule has 1 fully saturated rings. The third-order valence-electron chi connectivity index (χ3n) is 4.05. The molecule has 0 bridgehead atoms. The number of ether oxygens (including phenoxy) is 2. The monoisotopic (exact) mass is 257 g/mol. The van der Waals surface area contributed by atoms with E-state index in [0.717, 1.165) is 31.6 Å². The van der Waals surface area contributed by atoms with E-state index in [4.69, 9.17) is 15.2 Å². The standard InChI is InChI=1S/C14H27NO3/c1-4-5-12-6-8-14(10-15,9-7-12)18-11(2)13(16)17-3/h11-12H,4-10,15H2,1-3H3. The van der Waals surface area contributed by atoms with Crippen LogP contribution < -0.4 is 5.73 Å². The van der Waals surface area contributed by atoms with Gasteiger partial charge in [0.2, 0.25) is 0 Å². The van der Waals surface area contributed by atoms with E-state index in [1.807, 2.05) is 0 Å². The largest absolute Gasteiger partial charge is 0.467 e. The normalized spacial score (nSPS) is 29.9. The Balaban J connectivity index is 2.52. The first-order chi connectivity index (χ1) is 8.56. The van der Waals surface area contributed by atoms with Crippen molar-refractivity contribution in [3.05, 3.63) is 0 Å². The van der Waals surface area contributed by atoms with E-state index in [1.54, 1.807) is 6.92 Å². The summed E-state index contributed by atoms with van der Waals surface area (Å²) in [5, 5.41) is 0. The van der Waals surface area contributed by atoms with Gasteiger partial charge < -0.3 is 15.2 Å². The van der Waals surface area contributed by atoms with Crippen LogP contribution in [-0.4, -0.2) is 31.3 Å². The Morgan fingerprint density at radius 2 is 2.06 bits per heavy atom. The molecule has 18 heavy (non-hydrogen) atoms. The Morgan fingerprint density at radius 1 is 1.44 bits per heavy atom. The summed E-state index contributed by atoms with van der Waals surface area (Å²) < 4.78 is 10.6. The lowest BCUT2D eigenvalue weighted by Crippen LogP contribution is -2.47. The first kappa shape index (κ1) is 15.4. The first-order valence-corrected chi connectivity index (χ1v) is 7.02. The van der Waals surface area contributed by atoms with E-state index in [1.165, 1.54) is 20.0 Å². The van der Waals surface area contributed by atoms with Crippen molar-refractivity contribution in [3.8, 4) is 0 Å². The molecule has 1 unspecified atom stereocenters. The minimum atomic E-state index is -0.527. The molecule has 0 aromatic carbocycles. The molecule has 0 aromatic heterocycles. The van der Waals surface area contributed by atoms with Crippen molar-refractivity contribution in [2.24, 2.45) is 11.7 Å². The Morgan fingerprint density at radius 3 is 2.50 bits per heavy atom. The fourth-order valence-electron chi connectivity index (χ4n) is 2.86. The number of rotatable bonds is 6. The molecule has 1 saturated carbocycles. The minimum absolute atomic E-state index is 0.321. The van der Waals surface area contributed by atoms with Crippen LogP contribution in [0.15, 0.2) is 0 Å². The Bertz CT molecular complexity index is 260. The van der Waals surface area contributed by atoms with Crippen LogP contribution in [0.4, 0.5) is 0 Å². The Kier molecular flexibility index (Phi) is 6.09. The first-order valence-electron chi connectivity index (χ1n) is 7.02. The SMILES string of the molecule is CCCC1CCC(CN)(OC(C)C(=O)OC)CC1. The number of hydrogen-bond donors (Lipinski definition) is 1. The van der Waals surface area contributed by atoms with Crippen molar-refractivity contribution in [1.29, 1.82) is 0 Å². The van der Waals surface area contributed by atoms with Crippen LogP contribution in [0, 0.1) is 5.92 Å². The van der Waals surface area contributed by atoms with Gasteiger partial charge in [0.1, 0.15) is 0 Å². The van der Waals surface area contributed by atoms with Gasteiger partial charge in [-0.25, -0.2) is 4.79 Å². The van der Waals surface area contributed by atoms with Gasteiger partial charge in [0.25, 0.3) is 0 Å². The maximum absolute atomic E-state index is 11.4. The number of esters is 1. The van der Waals surface area contributed by atoms with Crippen LogP contribution in [0.2, 0.25) is 0 Å². The number of carbonyl (C=O) groups is 1. The van der Waals surface area contributed by atoms with Gasteiger partial charge in [0, 0.05) is 6.54 Å². The van der Waals surface area contributed by atoms with Crippen molar-refractivity contribution >= 4 is 5.97 Å². The number of methoxy groups -OCH3 is 1. The fourth-order valence-corrected chi connectivity index (χ4v) is 2.86. The average Bonchev–Trinajstić information content (AvgIpc) is 2.40. The van der Waals surface area contributed by atoms with E-state index in [9.17, 15) is 4.79 Å². The third kappa shape index (κ3) is 3.95. The second-order valence-corrected chi connectivity index (χ2v) is 5.40. The zero-order valence-electron chi connectivity index (χ0n) is 11.9. The molecule has 0 aromatic rings. The molecule has 0 aliphatic heterocycles. The minimum Gasteiger partial charge on any atom is -0.467 e. The summed E-state index contributed by atoms with van der Waals surface area (Å²) in [5.74, 6) is 0.477. The summed E-state index contributed by atoms with van der Waals surface area (Å²) in [7, 11) is 1.38. The van der Waals surface area contributed by atoms with Crippen LogP contribution in [0.1, 0.15) is 52.4 Å². The molecule has 1 atom stereocenters. The van der Waals surface area contributed by atoms with Gasteiger partial charge in [-0.05, 0) is 38.5 Å². The predicted molar refractivity (Wildman–Crippen MR) is 71.2 cm³/mol. The van der Waals surface area contributed by atoms with Gasteiger partial charge in [0.05, 0.1) is 12.7 Å². The molecule has 2 N–H and O–H groups in total. The van der Waals surface area contributed by atoms with E-state index in [2.05, 4.69) is 6.92 Å². The Hall–Kier alpha value is -0.610. The molecular formula is C14H27NO3. The van der Waals surface area contributed by atoms with Crippen LogP contribution in [0.5, 0.6) is 0 Å². The van der Waals surface area contributed by atoms with Gasteiger partial charge >= 0.3 is 5.97 Å². The molecule has 0 spiro atoms. The van der Waals surface area contributed by atoms with Gasteiger partial charge in [-0.15, -0.1) is 0 Å². The highest BCUT2D eigenvalue weighted by atomic mass is 16.6. The van der Waals surface area contributed by atoms with Crippen LogP contribution in [0.3, 0.4) is 0 Å². The summed E-state index contributed by atoms with van der Waals surface area (Å²) >= 11 is 0. The molecular weight excluding hydrogens is 230 g/mol. The highest BCUT2D eigenvalue weighted by molar-refractivity contribution is 5.74. The number of nitrogens with two attached hydrogens (primary N) is 1. The van der Waals surface area contributed by atoms with Crippen LogP contribution >= 0.6 is 0 Å². The van der Waals surface area contributed by atoms with Crippen molar-refractivity contribution in [3.63, 3.8) is 0 Å². The smallest absolute Gasteiger partial charge is 0.334 e. The van der Waals surface area contributed by atoms with Gasteiger partial charge in [-0.1, -0.05) is 19.8 Å². The molecule has 0 saturated heterocycles. The second-order valence-electron chi connectivity index (χ2n) is 5.40. The molecule has 106 valence electrons. The quantitative estimate of drug-likeness (QED) is 0.741. The summed E-state index contributed by atoms with van der Waals surface area (Å²) in [4.78, 5) is 11.4. The summed E-state index contributed by atoms with van der Waals surface area (Å²) in [5.41, 5.74) is 5.55. The topological polar surface area (TPSA) is 61.5 Å². The molecule has 4 heteroatoms. The summed E-state index contributed by atoms with van der Waals surface area (Å²) in [6.07, 6.45) is 6.21. The Labute approximate surface area is 110 Å². The summed E-state index contributed by atoms with van der Waals surface area (Å²) in [6, 6.07) is 0. The molecule has 0 heterocycles. The van der Waals surface area contributed by atoms with Crippen molar-refractivity contribution in [2.45, 2.75) is 64.1 Å². The molecule has 0 amide bonds. The zero-order chi connectivity index (χ0) is 13.6. The molecule has 0 radical (unpaired) electrons. The number of carbonyl (C=O) groups excluding carboxylic acids is 1.